The molecule has 6 heteroatoms. The predicted molar refractivity (Wildman–Crippen MR) is 77.5 cm³/mol. The number of rotatable bonds is 6. The minimum atomic E-state index is -0.393. The molecule has 0 aromatic carbocycles. The maximum absolute atomic E-state index is 12.0. The van der Waals surface area contributed by atoms with Crippen molar-refractivity contribution in [2.24, 2.45) is 0 Å². The summed E-state index contributed by atoms with van der Waals surface area (Å²) in [5, 5.41) is 11.9. The van der Waals surface area contributed by atoms with Gasteiger partial charge in [-0.2, -0.15) is 0 Å². The summed E-state index contributed by atoms with van der Waals surface area (Å²) in [6.45, 7) is 2.26. The van der Waals surface area contributed by atoms with E-state index < -0.39 is 6.10 Å². The number of furan rings is 1. The van der Waals surface area contributed by atoms with Crippen LogP contribution in [-0.2, 0) is 11.2 Å². The maximum atomic E-state index is 12.0. The van der Waals surface area contributed by atoms with Gasteiger partial charge in [0.05, 0.1) is 24.5 Å². The van der Waals surface area contributed by atoms with Gasteiger partial charge in [-0.25, -0.2) is 4.98 Å². The summed E-state index contributed by atoms with van der Waals surface area (Å²) in [6.07, 6.45) is 2.06. The minimum Gasteiger partial charge on any atom is -0.462 e. The van der Waals surface area contributed by atoms with Crippen molar-refractivity contribution in [1.82, 2.24) is 9.88 Å². The van der Waals surface area contributed by atoms with E-state index in [1.807, 2.05) is 17.5 Å². The summed E-state index contributed by atoms with van der Waals surface area (Å²) in [6, 6.07) is 3.66. The number of carbonyl (C=O) groups is 1. The number of aliphatic hydroxyl groups excluding tert-OH is 1. The zero-order valence-corrected chi connectivity index (χ0v) is 12.4. The van der Waals surface area contributed by atoms with Crippen LogP contribution in [0.5, 0.6) is 0 Å². The van der Waals surface area contributed by atoms with Crippen LogP contribution < -0.4 is 0 Å². The van der Waals surface area contributed by atoms with E-state index in [1.165, 1.54) is 11.3 Å². The highest BCUT2D eigenvalue weighted by Crippen LogP contribution is 2.24. The molecule has 0 bridgehead atoms. The van der Waals surface area contributed by atoms with E-state index in [2.05, 4.69) is 4.98 Å². The van der Waals surface area contributed by atoms with Crippen LogP contribution in [0.4, 0.5) is 0 Å². The van der Waals surface area contributed by atoms with E-state index in [0.717, 1.165) is 16.5 Å². The lowest BCUT2D eigenvalue weighted by molar-refractivity contribution is -0.129. The first-order valence-corrected chi connectivity index (χ1v) is 7.34. The van der Waals surface area contributed by atoms with Crippen molar-refractivity contribution in [2.75, 3.05) is 13.6 Å². The van der Waals surface area contributed by atoms with Crippen LogP contribution in [0, 0.1) is 0 Å². The second kappa shape index (κ2) is 6.67. The van der Waals surface area contributed by atoms with Gasteiger partial charge in [0.15, 0.2) is 10.8 Å². The third kappa shape index (κ3) is 3.91. The van der Waals surface area contributed by atoms with Gasteiger partial charge >= 0.3 is 0 Å². The van der Waals surface area contributed by atoms with Gasteiger partial charge in [-0.3, -0.25) is 4.79 Å². The summed E-state index contributed by atoms with van der Waals surface area (Å²) in [5.74, 6) is 0.720. The van der Waals surface area contributed by atoms with Crippen LogP contribution in [0.3, 0.4) is 0 Å². The van der Waals surface area contributed by atoms with Crippen LogP contribution in [-0.4, -0.2) is 40.6 Å². The van der Waals surface area contributed by atoms with Gasteiger partial charge in [0.25, 0.3) is 0 Å². The Hall–Kier alpha value is -1.66. The standard InChI is InChI=1S/C14H18N2O3S/c1-10(17)5-6-16(2)13(18)8-11-9-20-14(15-11)12-4-3-7-19-12/h3-4,7,9-10,17H,5-6,8H2,1-2H3. The van der Waals surface area contributed by atoms with Crippen molar-refractivity contribution in [3.8, 4) is 10.8 Å². The fourth-order valence-corrected chi connectivity index (χ4v) is 2.48. The Bertz CT molecular complexity index is 549. The normalized spacial score (nSPS) is 12.3. The molecule has 2 aromatic heterocycles. The quantitative estimate of drug-likeness (QED) is 0.886. The molecule has 2 aromatic rings. The summed E-state index contributed by atoms with van der Waals surface area (Å²) < 4.78 is 5.28. The Labute approximate surface area is 121 Å². The lowest BCUT2D eigenvalue weighted by Crippen LogP contribution is -2.30. The largest absolute Gasteiger partial charge is 0.462 e. The average molecular weight is 294 g/mol. The predicted octanol–water partition coefficient (Wildman–Crippen LogP) is 2.17. The maximum Gasteiger partial charge on any atom is 0.228 e. The Morgan fingerprint density at radius 3 is 3.05 bits per heavy atom. The fourth-order valence-electron chi connectivity index (χ4n) is 1.70. The molecule has 1 N–H and O–H groups in total. The molecule has 1 unspecified atom stereocenters. The molecule has 2 rings (SSSR count). The number of amides is 1. The molecule has 0 saturated heterocycles. The number of carbonyl (C=O) groups excluding carboxylic acids is 1. The van der Waals surface area contributed by atoms with Crippen LogP contribution in [0.1, 0.15) is 19.0 Å². The molecule has 0 saturated carbocycles. The number of hydrogen-bond acceptors (Lipinski definition) is 5. The molecule has 0 aliphatic rings. The highest BCUT2D eigenvalue weighted by atomic mass is 32.1. The Morgan fingerprint density at radius 2 is 2.40 bits per heavy atom. The highest BCUT2D eigenvalue weighted by molar-refractivity contribution is 7.13. The molecule has 20 heavy (non-hydrogen) atoms. The molecule has 2 heterocycles. The molecular formula is C14H18N2O3S. The van der Waals surface area contributed by atoms with Crippen molar-refractivity contribution >= 4 is 17.2 Å². The monoisotopic (exact) mass is 294 g/mol. The van der Waals surface area contributed by atoms with E-state index in [1.54, 1.807) is 25.1 Å². The van der Waals surface area contributed by atoms with E-state index >= 15 is 0 Å². The summed E-state index contributed by atoms with van der Waals surface area (Å²) >= 11 is 1.46. The first-order valence-electron chi connectivity index (χ1n) is 6.46. The van der Waals surface area contributed by atoms with Gasteiger partial charge in [0, 0.05) is 19.0 Å². The Kier molecular flexibility index (Phi) is 4.92. The minimum absolute atomic E-state index is 0.00180. The van der Waals surface area contributed by atoms with E-state index in [-0.39, 0.29) is 12.3 Å². The van der Waals surface area contributed by atoms with E-state index in [0.29, 0.717) is 13.0 Å². The smallest absolute Gasteiger partial charge is 0.228 e. The SMILES string of the molecule is CC(O)CCN(C)C(=O)Cc1csc(-c2ccco2)n1. The molecule has 5 nitrogen and oxygen atoms in total. The van der Waals surface area contributed by atoms with Gasteiger partial charge in [0.2, 0.25) is 5.91 Å². The molecule has 0 aliphatic carbocycles. The van der Waals surface area contributed by atoms with Crippen LogP contribution in [0.15, 0.2) is 28.2 Å². The van der Waals surface area contributed by atoms with E-state index in [4.69, 9.17) is 4.42 Å². The summed E-state index contributed by atoms with van der Waals surface area (Å²) in [5.41, 5.74) is 0.746. The van der Waals surface area contributed by atoms with Gasteiger partial charge in [-0.15, -0.1) is 11.3 Å². The number of hydrogen-bond donors (Lipinski definition) is 1. The molecule has 1 amide bonds. The average Bonchev–Trinajstić information content (AvgIpc) is 3.05. The lowest BCUT2D eigenvalue weighted by Gasteiger charge is -2.17. The second-order valence-electron chi connectivity index (χ2n) is 4.75. The van der Waals surface area contributed by atoms with Gasteiger partial charge in [0.1, 0.15) is 0 Å². The van der Waals surface area contributed by atoms with Gasteiger partial charge < -0.3 is 14.4 Å². The molecule has 0 fully saturated rings. The fraction of sp³-hybridized carbons (Fsp3) is 0.429. The molecule has 1 atom stereocenters. The Morgan fingerprint density at radius 1 is 1.60 bits per heavy atom. The van der Waals surface area contributed by atoms with Crippen molar-refractivity contribution in [3.05, 3.63) is 29.5 Å². The second-order valence-corrected chi connectivity index (χ2v) is 5.61. The van der Waals surface area contributed by atoms with Crippen molar-refractivity contribution in [3.63, 3.8) is 0 Å². The van der Waals surface area contributed by atoms with Crippen molar-refractivity contribution in [2.45, 2.75) is 25.9 Å². The topological polar surface area (TPSA) is 66.6 Å². The molecular weight excluding hydrogens is 276 g/mol. The zero-order chi connectivity index (χ0) is 14.5. The number of likely N-dealkylation sites (N-methyl/N-ethyl adjacent to an activating group) is 1. The lowest BCUT2D eigenvalue weighted by atomic mass is 10.2. The number of thiazole rings is 1. The van der Waals surface area contributed by atoms with Crippen LogP contribution in [0.25, 0.3) is 10.8 Å². The van der Waals surface area contributed by atoms with Crippen LogP contribution in [0.2, 0.25) is 0 Å². The van der Waals surface area contributed by atoms with Crippen molar-refractivity contribution in [1.29, 1.82) is 0 Å². The molecule has 0 radical (unpaired) electrons. The van der Waals surface area contributed by atoms with Gasteiger partial charge in [-0.1, -0.05) is 0 Å². The number of aliphatic hydroxyl groups is 1. The van der Waals surface area contributed by atoms with E-state index in [9.17, 15) is 9.90 Å². The van der Waals surface area contributed by atoms with Gasteiger partial charge in [-0.05, 0) is 25.5 Å². The zero-order valence-electron chi connectivity index (χ0n) is 11.6. The van der Waals surface area contributed by atoms with Crippen LogP contribution >= 0.6 is 11.3 Å². The first kappa shape index (κ1) is 14.7. The highest BCUT2D eigenvalue weighted by Gasteiger charge is 2.14. The number of nitrogens with zero attached hydrogens (tertiary/aromatic N) is 2. The summed E-state index contributed by atoms with van der Waals surface area (Å²) in [7, 11) is 1.74. The third-order valence-electron chi connectivity index (χ3n) is 2.92. The first-order chi connectivity index (χ1) is 9.56. The summed E-state index contributed by atoms with van der Waals surface area (Å²) in [4.78, 5) is 18.0. The number of aromatic nitrogens is 1. The van der Waals surface area contributed by atoms with Crippen molar-refractivity contribution < 1.29 is 14.3 Å². The molecule has 0 aliphatic heterocycles. The molecule has 108 valence electrons. The third-order valence-corrected chi connectivity index (χ3v) is 3.83. The molecule has 0 spiro atoms. The Balaban J connectivity index is 1.91.